The third kappa shape index (κ3) is 7.10. The standard InChI is InChI=1S/C29H36N2O3S.ClH/c1-30(35(32,33)29-11-7-4-8-12-29)23-27(25-13-15-28(34-2)16-14-25)19-22-31-20-17-26(18-21-31)24-9-5-3-6-10-24;/h3-16,26-27H,17-23H2,1-2H3;1H. The Hall–Kier alpha value is -2.38. The first-order valence-electron chi connectivity index (χ1n) is 12.4. The first-order valence-corrected chi connectivity index (χ1v) is 13.8. The first kappa shape index (κ1) is 28.2. The summed E-state index contributed by atoms with van der Waals surface area (Å²) in [4.78, 5) is 2.86. The van der Waals surface area contributed by atoms with Crippen LogP contribution in [0, 0.1) is 0 Å². The molecule has 0 aliphatic carbocycles. The molecule has 1 unspecified atom stereocenters. The molecule has 0 N–H and O–H groups in total. The van der Waals surface area contributed by atoms with Gasteiger partial charge in [-0.15, -0.1) is 12.4 Å². The van der Waals surface area contributed by atoms with Crippen LogP contribution in [0.1, 0.15) is 42.2 Å². The van der Waals surface area contributed by atoms with Gasteiger partial charge in [-0.25, -0.2) is 12.7 Å². The average Bonchev–Trinajstić information content (AvgIpc) is 2.92. The maximum atomic E-state index is 13.2. The van der Waals surface area contributed by atoms with Crippen molar-refractivity contribution in [2.75, 3.05) is 40.3 Å². The molecule has 7 heteroatoms. The van der Waals surface area contributed by atoms with E-state index in [9.17, 15) is 8.42 Å². The number of piperidine rings is 1. The highest BCUT2D eigenvalue weighted by atomic mass is 35.5. The van der Waals surface area contributed by atoms with Crippen molar-refractivity contribution in [3.63, 3.8) is 0 Å². The van der Waals surface area contributed by atoms with Gasteiger partial charge >= 0.3 is 0 Å². The molecule has 0 bridgehead atoms. The molecule has 1 heterocycles. The normalized spacial score (nSPS) is 15.9. The van der Waals surface area contributed by atoms with Crippen molar-refractivity contribution in [3.8, 4) is 5.75 Å². The summed E-state index contributed by atoms with van der Waals surface area (Å²) in [5.41, 5.74) is 2.58. The first-order chi connectivity index (χ1) is 17.0. The topological polar surface area (TPSA) is 49.9 Å². The molecule has 3 aromatic carbocycles. The van der Waals surface area contributed by atoms with Gasteiger partial charge in [0.05, 0.1) is 12.0 Å². The summed E-state index contributed by atoms with van der Waals surface area (Å²) in [6.07, 6.45) is 3.23. The number of rotatable bonds is 10. The van der Waals surface area contributed by atoms with Crippen molar-refractivity contribution in [2.24, 2.45) is 0 Å². The molecule has 1 aliphatic heterocycles. The van der Waals surface area contributed by atoms with Gasteiger partial charge in [0.1, 0.15) is 5.75 Å². The largest absolute Gasteiger partial charge is 0.497 e. The van der Waals surface area contributed by atoms with Crippen LogP contribution in [0.15, 0.2) is 89.8 Å². The van der Waals surface area contributed by atoms with Crippen LogP contribution in [0.3, 0.4) is 0 Å². The van der Waals surface area contributed by atoms with Gasteiger partial charge in [-0.3, -0.25) is 0 Å². The fourth-order valence-electron chi connectivity index (χ4n) is 4.97. The van der Waals surface area contributed by atoms with Crippen molar-refractivity contribution in [2.45, 2.75) is 36.0 Å². The molecule has 3 aromatic rings. The predicted octanol–water partition coefficient (Wildman–Crippen LogP) is 5.79. The van der Waals surface area contributed by atoms with Crippen LogP contribution in [0.4, 0.5) is 0 Å². The Balaban J connectivity index is 0.00000361. The highest BCUT2D eigenvalue weighted by molar-refractivity contribution is 7.89. The Morgan fingerprint density at radius 1 is 0.917 bits per heavy atom. The molecule has 1 aliphatic rings. The molecular formula is C29H37ClN2O3S. The SMILES string of the molecule is COc1ccc(C(CCN2CCC(c3ccccc3)CC2)CN(C)S(=O)(=O)c2ccccc2)cc1.Cl. The minimum atomic E-state index is -3.54. The van der Waals surface area contributed by atoms with Gasteiger partial charge in [0.2, 0.25) is 10.0 Å². The third-order valence-electron chi connectivity index (χ3n) is 7.17. The minimum Gasteiger partial charge on any atom is -0.497 e. The number of benzene rings is 3. The molecule has 1 atom stereocenters. The lowest BCUT2D eigenvalue weighted by Gasteiger charge is -2.33. The van der Waals surface area contributed by atoms with Crippen LogP contribution in [0.5, 0.6) is 5.75 Å². The van der Waals surface area contributed by atoms with E-state index in [1.807, 2.05) is 18.2 Å². The summed E-state index contributed by atoms with van der Waals surface area (Å²) in [5.74, 6) is 1.53. The lowest BCUT2D eigenvalue weighted by molar-refractivity contribution is 0.203. The summed E-state index contributed by atoms with van der Waals surface area (Å²) >= 11 is 0. The molecular weight excluding hydrogens is 492 g/mol. The maximum Gasteiger partial charge on any atom is 0.242 e. The van der Waals surface area contributed by atoms with Gasteiger partial charge in [0, 0.05) is 13.6 Å². The van der Waals surface area contributed by atoms with E-state index in [0.717, 1.165) is 37.4 Å². The maximum absolute atomic E-state index is 13.2. The molecule has 1 saturated heterocycles. The molecule has 1 fully saturated rings. The quantitative estimate of drug-likeness (QED) is 0.334. The zero-order valence-electron chi connectivity index (χ0n) is 21.1. The second-order valence-electron chi connectivity index (χ2n) is 9.38. The number of likely N-dealkylation sites (tertiary alicyclic amines) is 1. The van der Waals surface area contributed by atoms with Gasteiger partial charge in [-0.1, -0.05) is 60.7 Å². The smallest absolute Gasteiger partial charge is 0.242 e. The molecule has 0 spiro atoms. The van der Waals surface area contributed by atoms with Gasteiger partial charge in [0.15, 0.2) is 0 Å². The van der Waals surface area contributed by atoms with Gasteiger partial charge in [-0.2, -0.15) is 0 Å². The summed E-state index contributed by atoms with van der Waals surface area (Å²) in [7, 11) is -0.198. The number of nitrogens with zero attached hydrogens (tertiary/aromatic N) is 2. The van der Waals surface area contributed by atoms with E-state index in [1.54, 1.807) is 38.4 Å². The molecule has 5 nitrogen and oxygen atoms in total. The Bertz CT molecular complexity index is 1150. The van der Waals surface area contributed by atoms with E-state index in [0.29, 0.717) is 17.4 Å². The summed E-state index contributed by atoms with van der Waals surface area (Å²) in [5, 5.41) is 0. The number of likely N-dealkylation sites (N-methyl/N-ethyl adjacent to an activating group) is 1. The lowest BCUT2D eigenvalue weighted by atomic mass is 9.89. The summed E-state index contributed by atoms with van der Waals surface area (Å²) < 4.78 is 33.2. The van der Waals surface area contributed by atoms with E-state index in [-0.39, 0.29) is 18.3 Å². The molecule has 0 aromatic heterocycles. The second-order valence-corrected chi connectivity index (χ2v) is 11.4. The van der Waals surface area contributed by atoms with E-state index in [2.05, 4.69) is 47.4 Å². The van der Waals surface area contributed by atoms with Gasteiger partial charge in [-0.05, 0) is 86.1 Å². The number of hydrogen-bond donors (Lipinski definition) is 0. The molecule has 0 saturated carbocycles. The number of ether oxygens (including phenoxy) is 1. The zero-order chi connectivity index (χ0) is 24.7. The van der Waals surface area contributed by atoms with Crippen LogP contribution in [0.2, 0.25) is 0 Å². The molecule has 4 rings (SSSR count). The monoisotopic (exact) mass is 528 g/mol. The predicted molar refractivity (Wildman–Crippen MR) is 149 cm³/mol. The van der Waals surface area contributed by atoms with Crippen molar-refractivity contribution in [3.05, 3.63) is 96.1 Å². The highest BCUT2D eigenvalue weighted by Crippen LogP contribution is 2.30. The van der Waals surface area contributed by atoms with E-state index in [4.69, 9.17) is 4.74 Å². The van der Waals surface area contributed by atoms with Crippen molar-refractivity contribution in [1.82, 2.24) is 9.21 Å². The lowest BCUT2D eigenvalue weighted by Crippen LogP contribution is -2.36. The Kier molecular flexibility index (Phi) is 10.4. The number of sulfonamides is 1. The van der Waals surface area contributed by atoms with Crippen molar-refractivity contribution in [1.29, 1.82) is 0 Å². The third-order valence-corrected chi connectivity index (χ3v) is 9.01. The van der Waals surface area contributed by atoms with E-state index in [1.165, 1.54) is 22.7 Å². The number of hydrogen-bond acceptors (Lipinski definition) is 4. The zero-order valence-corrected chi connectivity index (χ0v) is 22.8. The number of halogens is 1. The van der Waals surface area contributed by atoms with Crippen LogP contribution >= 0.6 is 12.4 Å². The van der Waals surface area contributed by atoms with Gasteiger partial charge < -0.3 is 9.64 Å². The minimum absolute atomic E-state index is 0. The Morgan fingerprint density at radius 3 is 2.08 bits per heavy atom. The van der Waals surface area contributed by atoms with Crippen molar-refractivity contribution >= 4 is 22.4 Å². The number of methoxy groups -OCH3 is 1. The van der Waals surface area contributed by atoms with Crippen LogP contribution in [-0.2, 0) is 10.0 Å². The van der Waals surface area contributed by atoms with Crippen LogP contribution in [-0.4, -0.2) is 58.0 Å². The molecule has 0 radical (unpaired) electrons. The fourth-order valence-corrected chi connectivity index (χ4v) is 6.21. The molecule has 0 amide bonds. The summed E-state index contributed by atoms with van der Waals surface area (Å²) in [6, 6.07) is 27.5. The van der Waals surface area contributed by atoms with Crippen LogP contribution in [0.25, 0.3) is 0 Å². The van der Waals surface area contributed by atoms with Crippen LogP contribution < -0.4 is 4.74 Å². The Morgan fingerprint density at radius 2 is 1.50 bits per heavy atom. The molecule has 194 valence electrons. The highest BCUT2D eigenvalue weighted by Gasteiger charge is 2.26. The second kappa shape index (κ2) is 13.2. The Labute approximate surface area is 222 Å². The fraction of sp³-hybridized carbons (Fsp3) is 0.379. The average molecular weight is 529 g/mol. The molecule has 36 heavy (non-hydrogen) atoms. The van der Waals surface area contributed by atoms with E-state index >= 15 is 0 Å². The van der Waals surface area contributed by atoms with Crippen molar-refractivity contribution < 1.29 is 13.2 Å². The summed E-state index contributed by atoms with van der Waals surface area (Å²) in [6.45, 7) is 3.54. The van der Waals surface area contributed by atoms with Gasteiger partial charge in [0.25, 0.3) is 0 Å². The van der Waals surface area contributed by atoms with E-state index < -0.39 is 10.0 Å².